The summed E-state index contributed by atoms with van der Waals surface area (Å²) >= 11 is 0. The van der Waals surface area contributed by atoms with E-state index in [-0.39, 0.29) is 18.0 Å². The first-order valence-corrected chi connectivity index (χ1v) is 8.37. The minimum atomic E-state index is -0.712. The predicted molar refractivity (Wildman–Crippen MR) is 85.7 cm³/mol. The van der Waals surface area contributed by atoms with Gasteiger partial charge in [-0.15, -0.1) is 0 Å². The predicted octanol–water partition coefficient (Wildman–Crippen LogP) is 0.230. The SMILES string of the molecule is CC(NC(N)=O)C(=O)N1CCN(C(=O)NC2CCCCC2)CC1. The number of amides is 5. The zero-order valence-electron chi connectivity index (χ0n) is 13.7. The molecule has 0 spiro atoms. The van der Waals surface area contributed by atoms with Gasteiger partial charge < -0.3 is 26.2 Å². The van der Waals surface area contributed by atoms with Crippen LogP contribution in [0.4, 0.5) is 9.59 Å². The first-order valence-electron chi connectivity index (χ1n) is 8.37. The Kier molecular flexibility index (Phi) is 6.06. The van der Waals surface area contributed by atoms with E-state index in [2.05, 4.69) is 10.6 Å². The lowest BCUT2D eigenvalue weighted by atomic mass is 9.96. The van der Waals surface area contributed by atoms with Crippen molar-refractivity contribution in [1.29, 1.82) is 0 Å². The normalized spacial score (nSPS) is 20.7. The number of carbonyl (C=O) groups excluding carboxylic acids is 3. The van der Waals surface area contributed by atoms with Crippen molar-refractivity contribution >= 4 is 18.0 Å². The summed E-state index contributed by atoms with van der Waals surface area (Å²) in [5, 5.41) is 5.47. The van der Waals surface area contributed by atoms with Crippen LogP contribution in [0.5, 0.6) is 0 Å². The smallest absolute Gasteiger partial charge is 0.317 e. The Balaban J connectivity index is 1.75. The molecule has 130 valence electrons. The minimum Gasteiger partial charge on any atom is -0.352 e. The van der Waals surface area contributed by atoms with Crippen LogP contribution in [0, 0.1) is 0 Å². The molecule has 2 rings (SSSR count). The van der Waals surface area contributed by atoms with E-state index in [0.717, 1.165) is 12.8 Å². The summed E-state index contributed by atoms with van der Waals surface area (Å²) in [6.07, 6.45) is 5.72. The Bertz CT molecular complexity index is 442. The highest BCUT2D eigenvalue weighted by Crippen LogP contribution is 2.17. The second-order valence-electron chi connectivity index (χ2n) is 6.33. The molecule has 1 aliphatic heterocycles. The quantitative estimate of drug-likeness (QED) is 0.691. The summed E-state index contributed by atoms with van der Waals surface area (Å²) in [6.45, 7) is 3.57. The van der Waals surface area contributed by atoms with E-state index in [9.17, 15) is 14.4 Å². The molecule has 23 heavy (non-hydrogen) atoms. The average molecular weight is 325 g/mol. The van der Waals surface area contributed by atoms with Crippen molar-refractivity contribution in [3.05, 3.63) is 0 Å². The van der Waals surface area contributed by atoms with Gasteiger partial charge in [0.1, 0.15) is 6.04 Å². The summed E-state index contributed by atoms with van der Waals surface area (Å²) in [5.74, 6) is -0.170. The van der Waals surface area contributed by atoms with Crippen LogP contribution in [-0.2, 0) is 4.79 Å². The van der Waals surface area contributed by atoms with Gasteiger partial charge in [-0.1, -0.05) is 19.3 Å². The summed E-state index contributed by atoms with van der Waals surface area (Å²) in [6, 6.07) is -1.10. The number of piperazine rings is 1. The molecule has 5 amide bonds. The zero-order valence-corrected chi connectivity index (χ0v) is 13.7. The second-order valence-corrected chi connectivity index (χ2v) is 6.33. The molecule has 0 aromatic carbocycles. The van der Waals surface area contributed by atoms with Gasteiger partial charge >= 0.3 is 12.1 Å². The Morgan fingerprint density at radius 1 is 1.00 bits per heavy atom. The maximum Gasteiger partial charge on any atom is 0.317 e. The Morgan fingerprint density at radius 2 is 1.57 bits per heavy atom. The number of carbonyl (C=O) groups is 3. The van der Waals surface area contributed by atoms with Crippen molar-refractivity contribution in [3.63, 3.8) is 0 Å². The first-order chi connectivity index (χ1) is 11.0. The van der Waals surface area contributed by atoms with E-state index >= 15 is 0 Å². The molecular formula is C15H27N5O3. The lowest BCUT2D eigenvalue weighted by molar-refractivity contribution is -0.134. The van der Waals surface area contributed by atoms with E-state index < -0.39 is 12.1 Å². The molecule has 4 N–H and O–H groups in total. The van der Waals surface area contributed by atoms with Crippen LogP contribution in [0.1, 0.15) is 39.0 Å². The number of primary amides is 1. The van der Waals surface area contributed by atoms with Crippen molar-refractivity contribution in [2.45, 2.75) is 51.1 Å². The molecule has 2 fully saturated rings. The average Bonchev–Trinajstić information content (AvgIpc) is 2.54. The van der Waals surface area contributed by atoms with Gasteiger partial charge in [-0.05, 0) is 19.8 Å². The largest absolute Gasteiger partial charge is 0.352 e. The number of rotatable bonds is 3. The van der Waals surface area contributed by atoms with Gasteiger partial charge in [0, 0.05) is 32.2 Å². The standard InChI is InChI=1S/C15H27N5O3/c1-11(17-14(16)22)13(21)19-7-9-20(10-8-19)15(23)18-12-5-3-2-4-6-12/h11-12H,2-10H2,1H3,(H,18,23)(H3,16,17,22). The lowest BCUT2D eigenvalue weighted by Crippen LogP contribution is -2.57. The molecule has 1 saturated heterocycles. The van der Waals surface area contributed by atoms with Crippen LogP contribution in [0.2, 0.25) is 0 Å². The van der Waals surface area contributed by atoms with Crippen LogP contribution in [0.25, 0.3) is 0 Å². The molecule has 8 nitrogen and oxygen atoms in total. The lowest BCUT2D eigenvalue weighted by Gasteiger charge is -2.37. The highest BCUT2D eigenvalue weighted by atomic mass is 16.2. The third-order valence-corrected chi connectivity index (χ3v) is 4.54. The van der Waals surface area contributed by atoms with E-state index in [0.29, 0.717) is 26.2 Å². The fraction of sp³-hybridized carbons (Fsp3) is 0.800. The molecule has 1 unspecified atom stereocenters. The monoisotopic (exact) mass is 325 g/mol. The number of nitrogens with zero attached hydrogens (tertiary/aromatic N) is 2. The number of nitrogens with one attached hydrogen (secondary N) is 2. The maximum absolute atomic E-state index is 12.3. The van der Waals surface area contributed by atoms with Gasteiger partial charge in [-0.25, -0.2) is 9.59 Å². The topological polar surface area (TPSA) is 108 Å². The fourth-order valence-corrected chi connectivity index (χ4v) is 3.19. The number of urea groups is 2. The minimum absolute atomic E-state index is 0.0349. The van der Waals surface area contributed by atoms with Crippen LogP contribution >= 0.6 is 0 Å². The molecule has 1 atom stereocenters. The van der Waals surface area contributed by atoms with Gasteiger partial charge in [0.15, 0.2) is 0 Å². The van der Waals surface area contributed by atoms with Crippen molar-refractivity contribution < 1.29 is 14.4 Å². The highest BCUT2D eigenvalue weighted by molar-refractivity contribution is 5.86. The van der Waals surface area contributed by atoms with Crippen LogP contribution < -0.4 is 16.4 Å². The van der Waals surface area contributed by atoms with E-state index in [1.165, 1.54) is 19.3 Å². The highest BCUT2D eigenvalue weighted by Gasteiger charge is 2.28. The third-order valence-electron chi connectivity index (χ3n) is 4.54. The van der Waals surface area contributed by atoms with Gasteiger partial charge in [-0.2, -0.15) is 0 Å². The molecule has 0 aromatic rings. The van der Waals surface area contributed by atoms with Crippen molar-refractivity contribution in [2.75, 3.05) is 26.2 Å². The Labute approximate surface area is 136 Å². The molecule has 8 heteroatoms. The van der Waals surface area contributed by atoms with Gasteiger partial charge in [0.05, 0.1) is 0 Å². The summed E-state index contributed by atoms with van der Waals surface area (Å²) in [4.78, 5) is 38.6. The summed E-state index contributed by atoms with van der Waals surface area (Å²) < 4.78 is 0. The molecule has 1 aliphatic carbocycles. The van der Waals surface area contributed by atoms with Crippen LogP contribution in [-0.4, -0.2) is 66.0 Å². The molecule has 2 aliphatic rings. The van der Waals surface area contributed by atoms with Gasteiger partial charge in [0.25, 0.3) is 0 Å². The van der Waals surface area contributed by atoms with Crippen molar-refractivity contribution in [3.8, 4) is 0 Å². The van der Waals surface area contributed by atoms with Crippen LogP contribution in [0.3, 0.4) is 0 Å². The molecule has 1 saturated carbocycles. The number of hydrogen-bond donors (Lipinski definition) is 3. The maximum atomic E-state index is 12.3. The third kappa shape index (κ3) is 5.01. The van der Waals surface area contributed by atoms with Gasteiger partial charge in [0.2, 0.25) is 5.91 Å². The van der Waals surface area contributed by atoms with E-state index in [1.807, 2.05) is 0 Å². The summed E-state index contributed by atoms with van der Waals surface area (Å²) in [7, 11) is 0. The van der Waals surface area contributed by atoms with Crippen molar-refractivity contribution in [1.82, 2.24) is 20.4 Å². The van der Waals surface area contributed by atoms with Crippen LogP contribution in [0.15, 0.2) is 0 Å². The molecule has 1 heterocycles. The van der Waals surface area contributed by atoms with Gasteiger partial charge in [-0.3, -0.25) is 4.79 Å². The Hall–Kier alpha value is -1.99. The second kappa shape index (κ2) is 8.03. The molecule has 0 radical (unpaired) electrons. The fourth-order valence-electron chi connectivity index (χ4n) is 3.19. The van der Waals surface area contributed by atoms with Crippen molar-refractivity contribution in [2.24, 2.45) is 5.73 Å². The zero-order chi connectivity index (χ0) is 16.8. The summed E-state index contributed by atoms with van der Waals surface area (Å²) in [5.41, 5.74) is 5.03. The first kappa shape index (κ1) is 17.4. The van der Waals surface area contributed by atoms with E-state index in [4.69, 9.17) is 5.73 Å². The molecular weight excluding hydrogens is 298 g/mol. The molecule has 0 aromatic heterocycles. The number of nitrogens with two attached hydrogens (primary N) is 1. The van der Waals surface area contributed by atoms with E-state index in [1.54, 1.807) is 16.7 Å². The number of hydrogen-bond acceptors (Lipinski definition) is 3. The molecule has 0 bridgehead atoms. The Morgan fingerprint density at radius 3 is 2.13 bits per heavy atom.